The topological polar surface area (TPSA) is 26.3 Å². The van der Waals surface area contributed by atoms with E-state index in [9.17, 15) is 4.79 Å². The molecule has 0 aliphatic heterocycles. The number of hydrogen-bond acceptors (Lipinski definition) is 2. The fourth-order valence-electron chi connectivity index (χ4n) is 1.30. The van der Waals surface area contributed by atoms with Gasteiger partial charge in [-0.1, -0.05) is 39.3 Å². The van der Waals surface area contributed by atoms with Crippen LogP contribution < -0.4 is 0 Å². The standard InChI is InChI=1S/C14H24O2/c1-11(2)6-7-12(3)8-9-13(4)10-14(15)16-5/h8-12H,6-7H2,1-5H3/b9-8+,13-10+. The second-order valence-electron chi connectivity index (χ2n) is 4.72. The number of ether oxygens (including phenoxy) is 1. The number of carbonyl (C=O) groups is 1. The Morgan fingerprint density at radius 1 is 1.25 bits per heavy atom. The lowest BCUT2D eigenvalue weighted by Crippen LogP contribution is -1.96. The Morgan fingerprint density at radius 3 is 2.38 bits per heavy atom. The highest BCUT2D eigenvalue weighted by Gasteiger charge is 2.00. The molecule has 0 aliphatic carbocycles. The normalized spacial score (nSPS) is 14.5. The Balaban J connectivity index is 4.06. The first-order valence-electron chi connectivity index (χ1n) is 5.90. The monoisotopic (exact) mass is 224 g/mol. The lowest BCUT2D eigenvalue weighted by molar-refractivity contribution is -0.134. The zero-order chi connectivity index (χ0) is 12.6. The Morgan fingerprint density at radius 2 is 1.88 bits per heavy atom. The van der Waals surface area contributed by atoms with Crippen LogP contribution in [0.5, 0.6) is 0 Å². The molecule has 2 heteroatoms. The van der Waals surface area contributed by atoms with E-state index in [0.29, 0.717) is 5.92 Å². The van der Waals surface area contributed by atoms with E-state index >= 15 is 0 Å². The minimum absolute atomic E-state index is 0.294. The zero-order valence-electron chi connectivity index (χ0n) is 11.1. The van der Waals surface area contributed by atoms with Crippen LogP contribution in [0.1, 0.15) is 40.5 Å². The van der Waals surface area contributed by atoms with Gasteiger partial charge in [0.2, 0.25) is 0 Å². The third-order valence-electron chi connectivity index (χ3n) is 2.43. The summed E-state index contributed by atoms with van der Waals surface area (Å²) in [7, 11) is 1.39. The number of rotatable bonds is 6. The summed E-state index contributed by atoms with van der Waals surface area (Å²) in [4.78, 5) is 10.9. The second-order valence-corrected chi connectivity index (χ2v) is 4.72. The molecule has 0 spiro atoms. The van der Waals surface area contributed by atoms with Gasteiger partial charge in [-0.05, 0) is 30.8 Å². The number of esters is 1. The van der Waals surface area contributed by atoms with Gasteiger partial charge in [-0.15, -0.1) is 0 Å². The van der Waals surface area contributed by atoms with Crippen LogP contribution in [0.3, 0.4) is 0 Å². The summed E-state index contributed by atoms with van der Waals surface area (Å²) in [5.41, 5.74) is 0.934. The van der Waals surface area contributed by atoms with Crippen LogP contribution in [-0.2, 0) is 9.53 Å². The van der Waals surface area contributed by atoms with E-state index in [1.807, 2.05) is 13.0 Å². The summed E-state index contributed by atoms with van der Waals surface area (Å²) in [5.74, 6) is 1.02. The van der Waals surface area contributed by atoms with Crippen molar-refractivity contribution in [3.05, 3.63) is 23.8 Å². The Bertz CT molecular complexity index is 262. The summed E-state index contributed by atoms with van der Waals surface area (Å²) in [6.45, 7) is 8.57. The van der Waals surface area contributed by atoms with Crippen LogP contribution in [0.25, 0.3) is 0 Å². The van der Waals surface area contributed by atoms with Gasteiger partial charge in [-0.2, -0.15) is 0 Å². The second kappa shape index (κ2) is 8.14. The van der Waals surface area contributed by atoms with Crippen molar-refractivity contribution in [3.8, 4) is 0 Å². The molecule has 0 aliphatic rings. The van der Waals surface area contributed by atoms with E-state index in [1.165, 1.54) is 26.0 Å². The van der Waals surface area contributed by atoms with Gasteiger partial charge >= 0.3 is 5.97 Å². The van der Waals surface area contributed by atoms with Crippen molar-refractivity contribution in [3.63, 3.8) is 0 Å². The number of allylic oxidation sites excluding steroid dienone is 3. The van der Waals surface area contributed by atoms with Gasteiger partial charge in [-0.25, -0.2) is 4.79 Å². The molecule has 0 heterocycles. The Labute approximate surface area is 99.4 Å². The third-order valence-corrected chi connectivity index (χ3v) is 2.43. The van der Waals surface area contributed by atoms with Crippen LogP contribution in [0.2, 0.25) is 0 Å². The van der Waals surface area contributed by atoms with E-state index < -0.39 is 0 Å². The van der Waals surface area contributed by atoms with Gasteiger partial charge in [0, 0.05) is 6.08 Å². The van der Waals surface area contributed by atoms with E-state index in [1.54, 1.807) is 0 Å². The summed E-state index contributed by atoms with van der Waals surface area (Å²) in [5, 5.41) is 0. The van der Waals surface area contributed by atoms with Crippen LogP contribution in [-0.4, -0.2) is 13.1 Å². The minimum Gasteiger partial charge on any atom is -0.466 e. The summed E-state index contributed by atoms with van der Waals surface area (Å²) < 4.78 is 4.56. The first kappa shape index (κ1) is 14.9. The summed E-state index contributed by atoms with van der Waals surface area (Å²) >= 11 is 0. The molecule has 1 atom stereocenters. The van der Waals surface area contributed by atoms with Crippen molar-refractivity contribution < 1.29 is 9.53 Å². The predicted molar refractivity (Wildman–Crippen MR) is 68.1 cm³/mol. The average Bonchev–Trinajstić information content (AvgIpc) is 2.23. The molecular formula is C14H24O2. The molecule has 16 heavy (non-hydrogen) atoms. The molecule has 92 valence electrons. The van der Waals surface area contributed by atoms with Crippen LogP contribution in [0, 0.1) is 11.8 Å². The largest absolute Gasteiger partial charge is 0.466 e. The molecule has 0 fully saturated rings. The molecular weight excluding hydrogens is 200 g/mol. The highest BCUT2D eigenvalue weighted by atomic mass is 16.5. The number of hydrogen-bond donors (Lipinski definition) is 0. The molecule has 0 radical (unpaired) electrons. The highest BCUT2D eigenvalue weighted by Crippen LogP contribution is 2.13. The highest BCUT2D eigenvalue weighted by molar-refractivity contribution is 5.83. The van der Waals surface area contributed by atoms with Crippen molar-refractivity contribution in [2.24, 2.45) is 11.8 Å². The quantitative estimate of drug-likeness (QED) is 0.390. The molecule has 0 aromatic carbocycles. The van der Waals surface area contributed by atoms with Crippen molar-refractivity contribution in [1.82, 2.24) is 0 Å². The van der Waals surface area contributed by atoms with Gasteiger partial charge in [0.15, 0.2) is 0 Å². The molecule has 0 aromatic heterocycles. The lowest BCUT2D eigenvalue weighted by atomic mass is 9.98. The maximum absolute atomic E-state index is 10.9. The molecule has 2 nitrogen and oxygen atoms in total. The van der Waals surface area contributed by atoms with Crippen LogP contribution in [0.4, 0.5) is 0 Å². The van der Waals surface area contributed by atoms with Crippen LogP contribution >= 0.6 is 0 Å². The van der Waals surface area contributed by atoms with Crippen molar-refractivity contribution in [2.75, 3.05) is 7.11 Å². The molecule has 0 saturated heterocycles. The van der Waals surface area contributed by atoms with Crippen molar-refractivity contribution in [1.29, 1.82) is 0 Å². The van der Waals surface area contributed by atoms with Crippen LogP contribution in [0.15, 0.2) is 23.8 Å². The molecule has 0 bridgehead atoms. The molecule has 0 N–H and O–H groups in total. The fraction of sp³-hybridized carbons (Fsp3) is 0.643. The molecule has 0 saturated carbocycles. The number of methoxy groups -OCH3 is 1. The molecule has 0 aromatic rings. The lowest BCUT2D eigenvalue weighted by Gasteiger charge is -2.08. The summed E-state index contributed by atoms with van der Waals surface area (Å²) in [6, 6.07) is 0. The Hall–Kier alpha value is -1.05. The van der Waals surface area contributed by atoms with Gasteiger partial charge in [0.1, 0.15) is 0 Å². The SMILES string of the molecule is COC(=O)/C=C(C)/C=C/C(C)CCC(C)C. The minimum atomic E-state index is -0.294. The summed E-state index contributed by atoms with van der Waals surface area (Å²) in [6.07, 6.45) is 8.08. The van der Waals surface area contributed by atoms with E-state index in [4.69, 9.17) is 0 Å². The van der Waals surface area contributed by atoms with Gasteiger partial charge in [0.25, 0.3) is 0 Å². The van der Waals surface area contributed by atoms with E-state index in [0.717, 1.165) is 11.5 Å². The third kappa shape index (κ3) is 8.27. The average molecular weight is 224 g/mol. The Kier molecular flexibility index (Phi) is 7.61. The van der Waals surface area contributed by atoms with E-state index in [-0.39, 0.29) is 5.97 Å². The molecule has 1 unspecified atom stereocenters. The van der Waals surface area contributed by atoms with E-state index in [2.05, 4.69) is 31.6 Å². The first-order valence-corrected chi connectivity index (χ1v) is 5.90. The van der Waals surface area contributed by atoms with Gasteiger partial charge in [0.05, 0.1) is 7.11 Å². The molecule has 0 amide bonds. The fourth-order valence-corrected chi connectivity index (χ4v) is 1.30. The number of carbonyl (C=O) groups excluding carboxylic acids is 1. The van der Waals surface area contributed by atoms with Gasteiger partial charge < -0.3 is 4.74 Å². The van der Waals surface area contributed by atoms with Crippen molar-refractivity contribution >= 4 is 5.97 Å². The maximum atomic E-state index is 10.9. The van der Waals surface area contributed by atoms with Gasteiger partial charge in [-0.3, -0.25) is 0 Å². The smallest absolute Gasteiger partial charge is 0.330 e. The zero-order valence-corrected chi connectivity index (χ0v) is 11.1. The first-order chi connectivity index (χ1) is 7.45. The maximum Gasteiger partial charge on any atom is 0.330 e. The predicted octanol–water partition coefficient (Wildman–Crippen LogP) is 3.73. The molecule has 0 rings (SSSR count). The van der Waals surface area contributed by atoms with Crippen molar-refractivity contribution in [2.45, 2.75) is 40.5 Å².